The van der Waals surface area contributed by atoms with Gasteiger partial charge in [0.25, 0.3) is 0 Å². The van der Waals surface area contributed by atoms with E-state index in [-0.39, 0.29) is 0 Å². The summed E-state index contributed by atoms with van der Waals surface area (Å²) < 4.78 is 11.7. The van der Waals surface area contributed by atoms with E-state index in [2.05, 4.69) is 36.9 Å². The molecule has 1 atom stereocenters. The molecule has 0 N–H and O–H groups in total. The summed E-state index contributed by atoms with van der Waals surface area (Å²) >= 11 is 0. The van der Waals surface area contributed by atoms with Crippen LogP contribution in [-0.2, 0) is 4.74 Å². The van der Waals surface area contributed by atoms with Crippen molar-refractivity contribution in [2.75, 3.05) is 39.5 Å². The van der Waals surface area contributed by atoms with Crippen LogP contribution in [0.1, 0.15) is 30.4 Å². The Morgan fingerprint density at radius 2 is 2.19 bits per heavy atom. The first-order chi connectivity index (χ1) is 10.2. The van der Waals surface area contributed by atoms with Crippen molar-refractivity contribution in [2.24, 2.45) is 5.41 Å². The van der Waals surface area contributed by atoms with Crippen LogP contribution in [0.5, 0.6) is 5.75 Å². The summed E-state index contributed by atoms with van der Waals surface area (Å²) in [5.41, 5.74) is 2.92. The van der Waals surface area contributed by atoms with Gasteiger partial charge in [-0.2, -0.15) is 0 Å². The van der Waals surface area contributed by atoms with Gasteiger partial charge >= 0.3 is 0 Å². The molecule has 1 spiro atoms. The summed E-state index contributed by atoms with van der Waals surface area (Å²) in [5.74, 6) is 1.03. The average molecular weight is 289 g/mol. The fourth-order valence-corrected chi connectivity index (χ4v) is 3.60. The first-order valence-electron chi connectivity index (χ1n) is 8.17. The second kappa shape index (κ2) is 6.37. The van der Waals surface area contributed by atoms with E-state index in [1.54, 1.807) is 0 Å². The standard InChI is InChI=1S/C18H27NO2/c1-15-4-5-16(2)17(12-15)21-11-9-19-8-7-18(13-19)6-3-10-20-14-18/h4-5,12H,3,6-11,13-14H2,1-2H3. The normalized spacial score (nSPS) is 26.4. The Morgan fingerprint density at radius 1 is 1.29 bits per heavy atom. The summed E-state index contributed by atoms with van der Waals surface area (Å²) in [5, 5.41) is 0. The fraction of sp³-hybridized carbons (Fsp3) is 0.667. The van der Waals surface area contributed by atoms with Crippen molar-refractivity contribution < 1.29 is 9.47 Å². The zero-order valence-electron chi connectivity index (χ0n) is 13.4. The number of rotatable bonds is 4. The lowest BCUT2D eigenvalue weighted by atomic mass is 9.82. The lowest BCUT2D eigenvalue weighted by molar-refractivity contribution is -0.00256. The van der Waals surface area contributed by atoms with E-state index in [1.165, 1.54) is 43.5 Å². The summed E-state index contributed by atoms with van der Waals surface area (Å²) in [6, 6.07) is 6.40. The molecule has 3 heteroatoms. The lowest BCUT2D eigenvalue weighted by Gasteiger charge is -2.33. The number of aryl methyl sites for hydroxylation is 2. The number of hydrogen-bond donors (Lipinski definition) is 0. The molecule has 0 bridgehead atoms. The Bertz CT molecular complexity index is 480. The van der Waals surface area contributed by atoms with Gasteiger partial charge in [0, 0.05) is 25.1 Å². The Balaban J connectivity index is 1.47. The smallest absolute Gasteiger partial charge is 0.122 e. The number of nitrogens with zero attached hydrogens (tertiary/aromatic N) is 1. The van der Waals surface area contributed by atoms with Gasteiger partial charge in [0.05, 0.1) is 6.61 Å². The highest BCUT2D eigenvalue weighted by Crippen LogP contribution is 2.37. The highest BCUT2D eigenvalue weighted by molar-refractivity contribution is 5.35. The maximum Gasteiger partial charge on any atom is 0.122 e. The molecule has 2 aliphatic rings. The van der Waals surface area contributed by atoms with Crippen LogP contribution in [0.2, 0.25) is 0 Å². The molecular weight excluding hydrogens is 262 g/mol. The first-order valence-corrected chi connectivity index (χ1v) is 8.17. The highest BCUT2D eigenvalue weighted by atomic mass is 16.5. The Kier molecular flexibility index (Phi) is 4.51. The average Bonchev–Trinajstić information content (AvgIpc) is 2.86. The van der Waals surface area contributed by atoms with Crippen LogP contribution in [-0.4, -0.2) is 44.4 Å². The quantitative estimate of drug-likeness (QED) is 0.849. The molecule has 21 heavy (non-hydrogen) atoms. The van der Waals surface area contributed by atoms with Crippen LogP contribution in [0.3, 0.4) is 0 Å². The van der Waals surface area contributed by atoms with Crippen LogP contribution in [0, 0.1) is 19.3 Å². The van der Waals surface area contributed by atoms with Crippen molar-refractivity contribution in [3.63, 3.8) is 0 Å². The van der Waals surface area contributed by atoms with Gasteiger partial charge < -0.3 is 9.47 Å². The lowest BCUT2D eigenvalue weighted by Crippen LogP contribution is -2.36. The largest absolute Gasteiger partial charge is 0.492 e. The van der Waals surface area contributed by atoms with Crippen LogP contribution >= 0.6 is 0 Å². The van der Waals surface area contributed by atoms with E-state index in [1.807, 2.05) is 0 Å². The molecule has 116 valence electrons. The molecule has 1 aromatic carbocycles. The zero-order chi connectivity index (χ0) is 14.7. The van der Waals surface area contributed by atoms with Crippen molar-refractivity contribution >= 4 is 0 Å². The number of hydrogen-bond acceptors (Lipinski definition) is 3. The molecular formula is C18H27NO2. The molecule has 3 nitrogen and oxygen atoms in total. The van der Waals surface area contributed by atoms with Crippen LogP contribution < -0.4 is 4.74 Å². The van der Waals surface area contributed by atoms with Gasteiger partial charge in [-0.1, -0.05) is 12.1 Å². The van der Waals surface area contributed by atoms with Crippen molar-refractivity contribution in [1.29, 1.82) is 0 Å². The summed E-state index contributed by atoms with van der Waals surface area (Å²) in [6.45, 7) is 10.3. The molecule has 2 fully saturated rings. The Morgan fingerprint density at radius 3 is 3.00 bits per heavy atom. The van der Waals surface area contributed by atoms with E-state index in [4.69, 9.17) is 9.47 Å². The molecule has 0 aromatic heterocycles. The molecule has 1 aromatic rings. The number of benzene rings is 1. The fourth-order valence-electron chi connectivity index (χ4n) is 3.60. The van der Waals surface area contributed by atoms with Crippen molar-refractivity contribution in [2.45, 2.75) is 33.1 Å². The minimum Gasteiger partial charge on any atom is -0.492 e. The maximum absolute atomic E-state index is 5.98. The third-order valence-electron chi connectivity index (χ3n) is 4.93. The molecule has 3 rings (SSSR count). The highest BCUT2D eigenvalue weighted by Gasteiger charge is 2.39. The molecule has 2 saturated heterocycles. The molecule has 0 saturated carbocycles. The molecule has 1 unspecified atom stereocenters. The second-order valence-corrected chi connectivity index (χ2v) is 6.80. The van der Waals surface area contributed by atoms with E-state index in [0.29, 0.717) is 5.41 Å². The van der Waals surface area contributed by atoms with E-state index in [9.17, 15) is 0 Å². The van der Waals surface area contributed by atoms with Gasteiger partial charge in [0.2, 0.25) is 0 Å². The predicted molar refractivity (Wildman–Crippen MR) is 85.0 cm³/mol. The van der Waals surface area contributed by atoms with Crippen LogP contribution in [0.4, 0.5) is 0 Å². The zero-order valence-corrected chi connectivity index (χ0v) is 13.4. The number of ether oxygens (including phenoxy) is 2. The van der Waals surface area contributed by atoms with Crippen LogP contribution in [0.15, 0.2) is 18.2 Å². The first kappa shape index (κ1) is 14.9. The number of likely N-dealkylation sites (tertiary alicyclic amines) is 1. The van der Waals surface area contributed by atoms with Gasteiger partial charge in [-0.05, 0) is 56.8 Å². The van der Waals surface area contributed by atoms with E-state index < -0.39 is 0 Å². The summed E-state index contributed by atoms with van der Waals surface area (Å²) in [4.78, 5) is 2.54. The van der Waals surface area contributed by atoms with Gasteiger partial charge in [-0.25, -0.2) is 0 Å². The monoisotopic (exact) mass is 289 g/mol. The third kappa shape index (κ3) is 3.58. The van der Waals surface area contributed by atoms with Crippen LogP contribution in [0.25, 0.3) is 0 Å². The van der Waals surface area contributed by atoms with Crippen molar-refractivity contribution in [3.8, 4) is 5.75 Å². The summed E-state index contributed by atoms with van der Waals surface area (Å²) in [7, 11) is 0. The predicted octanol–water partition coefficient (Wildman–Crippen LogP) is 3.18. The van der Waals surface area contributed by atoms with E-state index in [0.717, 1.165) is 32.1 Å². The van der Waals surface area contributed by atoms with E-state index >= 15 is 0 Å². The Labute approximate surface area is 128 Å². The van der Waals surface area contributed by atoms with Gasteiger partial charge in [0.1, 0.15) is 12.4 Å². The van der Waals surface area contributed by atoms with Crippen molar-refractivity contribution in [3.05, 3.63) is 29.3 Å². The molecule has 2 aliphatic heterocycles. The molecule has 2 heterocycles. The Hall–Kier alpha value is -1.06. The third-order valence-corrected chi connectivity index (χ3v) is 4.93. The minimum absolute atomic E-state index is 0.442. The van der Waals surface area contributed by atoms with Crippen molar-refractivity contribution in [1.82, 2.24) is 4.90 Å². The molecule has 0 aliphatic carbocycles. The minimum atomic E-state index is 0.442. The maximum atomic E-state index is 5.98. The topological polar surface area (TPSA) is 21.7 Å². The second-order valence-electron chi connectivity index (χ2n) is 6.80. The molecule has 0 radical (unpaired) electrons. The van der Waals surface area contributed by atoms with Gasteiger partial charge in [-0.15, -0.1) is 0 Å². The van der Waals surface area contributed by atoms with Gasteiger partial charge in [0.15, 0.2) is 0 Å². The SMILES string of the molecule is Cc1ccc(C)c(OCCN2CCC3(CCCOC3)C2)c1. The van der Waals surface area contributed by atoms with Gasteiger partial charge in [-0.3, -0.25) is 4.90 Å². The molecule has 0 amide bonds. The summed E-state index contributed by atoms with van der Waals surface area (Å²) in [6.07, 6.45) is 3.85.